The van der Waals surface area contributed by atoms with Crippen molar-refractivity contribution in [3.8, 4) is 0 Å². The summed E-state index contributed by atoms with van der Waals surface area (Å²) >= 11 is 5.89. The second-order valence-corrected chi connectivity index (χ2v) is 6.84. The number of fused-ring (bicyclic) bond motifs is 3. The van der Waals surface area contributed by atoms with Crippen LogP contribution in [0.2, 0.25) is 0 Å². The summed E-state index contributed by atoms with van der Waals surface area (Å²) in [6.45, 7) is 0.680. The van der Waals surface area contributed by atoms with Crippen LogP contribution in [0.4, 0.5) is 0 Å². The van der Waals surface area contributed by atoms with Gasteiger partial charge in [0, 0.05) is 47.0 Å². The van der Waals surface area contributed by atoms with E-state index in [2.05, 4.69) is 20.6 Å². The van der Waals surface area contributed by atoms with Gasteiger partial charge in [0.25, 0.3) is 0 Å². The Morgan fingerprint density at radius 2 is 2.10 bits per heavy atom. The smallest absolute Gasteiger partial charge is 0.111 e. The predicted octanol–water partition coefficient (Wildman–Crippen LogP) is 2.74. The third-order valence-electron chi connectivity index (χ3n) is 3.48. The molecule has 0 radical (unpaired) electrons. The van der Waals surface area contributed by atoms with Gasteiger partial charge in [-0.15, -0.1) is 11.6 Å². The highest BCUT2D eigenvalue weighted by Gasteiger charge is 2.14. The molecule has 0 aliphatic carbocycles. The number of para-hydroxylation sites is 1. The summed E-state index contributed by atoms with van der Waals surface area (Å²) in [5.74, 6) is 2.06. The van der Waals surface area contributed by atoms with E-state index >= 15 is 0 Å². The Bertz CT molecular complexity index is 815. The van der Waals surface area contributed by atoms with Gasteiger partial charge < -0.3 is 4.57 Å². The number of imidazole rings is 1. The number of halogens is 1. The maximum Gasteiger partial charge on any atom is 0.111 e. The number of rotatable bonds is 5. The standard InChI is InChI=1S/C15H16ClN3OS/c1-21(20)9-8-19-14(6-7-16)18-13-10-17-12-5-3-2-4-11(12)15(13)19/h2-5,10H,6-9H2,1H3. The van der Waals surface area contributed by atoms with Crippen molar-refractivity contribution in [3.63, 3.8) is 0 Å². The first kappa shape index (κ1) is 14.5. The van der Waals surface area contributed by atoms with Crippen molar-refractivity contribution >= 4 is 44.3 Å². The van der Waals surface area contributed by atoms with E-state index in [1.807, 2.05) is 18.2 Å². The van der Waals surface area contributed by atoms with E-state index < -0.39 is 10.8 Å². The van der Waals surface area contributed by atoms with E-state index in [1.54, 1.807) is 12.5 Å². The van der Waals surface area contributed by atoms with Crippen molar-refractivity contribution in [3.05, 3.63) is 36.3 Å². The maximum absolute atomic E-state index is 11.4. The molecule has 0 saturated carbocycles. The van der Waals surface area contributed by atoms with Crippen molar-refractivity contribution < 1.29 is 4.21 Å². The SMILES string of the molecule is CS(=O)CCn1c(CCCl)nc2cnc3ccccc3c21. The monoisotopic (exact) mass is 321 g/mol. The quantitative estimate of drug-likeness (QED) is 0.679. The van der Waals surface area contributed by atoms with E-state index in [9.17, 15) is 4.21 Å². The molecule has 0 amide bonds. The molecule has 4 nitrogen and oxygen atoms in total. The van der Waals surface area contributed by atoms with E-state index in [0.29, 0.717) is 24.6 Å². The Hall–Kier alpha value is -1.46. The molecule has 110 valence electrons. The van der Waals surface area contributed by atoms with Crippen molar-refractivity contribution in [1.82, 2.24) is 14.5 Å². The summed E-state index contributed by atoms with van der Waals surface area (Å²) in [4.78, 5) is 9.10. The van der Waals surface area contributed by atoms with Crippen LogP contribution in [0.15, 0.2) is 30.5 Å². The lowest BCUT2D eigenvalue weighted by Crippen LogP contribution is -2.10. The molecule has 2 heterocycles. The van der Waals surface area contributed by atoms with E-state index in [0.717, 1.165) is 27.8 Å². The molecule has 1 atom stereocenters. The summed E-state index contributed by atoms with van der Waals surface area (Å²) in [6, 6.07) is 8.02. The summed E-state index contributed by atoms with van der Waals surface area (Å²) in [6.07, 6.45) is 4.22. The van der Waals surface area contributed by atoms with Crippen LogP contribution in [0.1, 0.15) is 5.82 Å². The lowest BCUT2D eigenvalue weighted by Gasteiger charge is -2.09. The predicted molar refractivity (Wildman–Crippen MR) is 88.4 cm³/mol. The molecule has 6 heteroatoms. The fourth-order valence-corrected chi connectivity index (χ4v) is 3.16. The molecule has 3 rings (SSSR count). The maximum atomic E-state index is 11.4. The second-order valence-electron chi connectivity index (χ2n) is 4.91. The minimum absolute atomic E-state index is 0.518. The Kier molecular flexibility index (Phi) is 4.22. The van der Waals surface area contributed by atoms with Crippen molar-refractivity contribution in [1.29, 1.82) is 0 Å². The lowest BCUT2D eigenvalue weighted by atomic mass is 10.2. The lowest BCUT2D eigenvalue weighted by molar-refractivity contribution is 0.674. The molecule has 0 bridgehead atoms. The molecule has 0 spiro atoms. The average molecular weight is 322 g/mol. The first-order valence-corrected chi connectivity index (χ1v) is 9.05. The van der Waals surface area contributed by atoms with Crippen LogP contribution in [0.25, 0.3) is 21.9 Å². The summed E-state index contributed by atoms with van der Waals surface area (Å²) in [5.41, 5.74) is 2.88. The third kappa shape index (κ3) is 2.80. The number of pyridine rings is 1. The first-order valence-electron chi connectivity index (χ1n) is 6.79. The third-order valence-corrected chi connectivity index (χ3v) is 4.43. The summed E-state index contributed by atoms with van der Waals surface area (Å²) < 4.78 is 13.6. The molecule has 3 aromatic rings. The number of aryl methyl sites for hydroxylation is 2. The Morgan fingerprint density at radius 1 is 1.29 bits per heavy atom. The molecule has 0 aliphatic heterocycles. The van der Waals surface area contributed by atoms with Crippen molar-refractivity contribution in [2.24, 2.45) is 0 Å². The molecular weight excluding hydrogens is 306 g/mol. The highest BCUT2D eigenvalue weighted by Crippen LogP contribution is 2.25. The zero-order valence-electron chi connectivity index (χ0n) is 11.8. The van der Waals surface area contributed by atoms with Crippen LogP contribution >= 0.6 is 11.6 Å². The molecule has 0 aliphatic rings. The minimum atomic E-state index is -0.836. The fraction of sp³-hybridized carbons (Fsp3) is 0.333. The van der Waals surface area contributed by atoms with Crippen LogP contribution in [-0.2, 0) is 23.8 Å². The van der Waals surface area contributed by atoms with E-state index in [-0.39, 0.29) is 0 Å². The Balaban J connectivity index is 2.24. The number of hydrogen-bond donors (Lipinski definition) is 0. The van der Waals surface area contributed by atoms with Gasteiger partial charge in [-0.2, -0.15) is 0 Å². The van der Waals surface area contributed by atoms with Crippen LogP contribution < -0.4 is 0 Å². The molecule has 1 unspecified atom stereocenters. The van der Waals surface area contributed by atoms with Gasteiger partial charge in [-0.3, -0.25) is 9.19 Å². The van der Waals surface area contributed by atoms with E-state index in [4.69, 9.17) is 11.6 Å². The van der Waals surface area contributed by atoms with Crippen LogP contribution in [0, 0.1) is 0 Å². The second kappa shape index (κ2) is 6.12. The van der Waals surface area contributed by atoms with Gasteiger partial charge in [-0.1, -0.05) is 18.2 Å². The van der Waals surface area contributed by atoms with Crippen molar-refractivity contribution in [2.75, 3.05) is 17.9 Å². The van der Waals surface area contributed by atoms with Gasteiger partial charge in [-0.05, 0) is 6.07 Å². The van der Waals surface area contributed by atoms with Gasteiger partial charge in [0.1, 0.15) is 11.3 Å². The highest BCUT2D eigenvalue weighted by molar-refractivity contribution is 7.84. The fourth-order valence-electron chi connectivity index (χ4n) is 2.55. The molecule has 1 aromatic carbocycles. The number of aromatic nitrogens is 3. The van der Waals surface area contributed by atoms with Gasteiger partial charge in [-0.25, -0.2) is 4.98 Å². The number of alkyl halides is 1. The number of nitrogens with zero attached hydrogens (tertiary/aromatic N) is 3. The molecule has 2 aromatic heterocycles. The average Bonchev–Trinajstić information content (AvgIpc) is 2.83. The normalized spacial score (nSPS) is 13.0. The summed E-state index contributed by atoms with van der Waals surface area (Å²) in [7, 11) is -0.836. The minimum Gasteiger partial charge on any atom is -0.326 e. The topological polar surface area (TPSA) is 47.8 Å². The largest absolute Gasteiger partial charge is 0.326 e. The molecule has 0 saturated heterocycles. The van der Waals surface area contributed by atoms with Gasteiger partial charge in [0.15, 0.2) is 0 Å². The highest BCUT2D eigenvalue weighted by atomic mass is 35.5. The van der Waals surface area contributed by atoms with Crippen LogP contribution in [0.5, 0.6) is 0 Å². The van der Waals surface area contributed by atoms with E-state index in [1.165, 1.54) is 0 Å². The molecule has 0 fully saturated rings. The summed E-state index contributed by atoms with van der Waals surface area (Å²) in [5, 5.41) is 1.07. The number of benzene rings is 1. The Morgan fingerprint density at radius 3 is 2.86 bits per heavy atom. The number of hydrogen-bond acceptors (Lipinski definition) is 3. The molecule has 21 heavy (non-hydrogen) atoms. The van der Waals surface area contributed by atoms with Gasteiger partial charge >= 0.3 is 0 Å². The van der Waals surface area contributed by atoms with Crippen molar-refractivity contribution in [2.45, 2.75) is 13.0 Å². The van der Waals surface area contributed by atoms with Gasteiger partial charge in [0.05, 0.1) is 17.2 Å². The van der Waals surface area contributed by atoms with Crippen LogP contribution in [0.3, 0.4) is 0 Å². The zero-order chi connectivity index (χ0) is 14.8. The Labute approximate surface area is 130 Å². The first-order chi connectivity index (χ1) is 10.2. The zero-order valence-corrected chi connectivity index (χ0v) is 13.3. The van der Waals surface area contributed by atoms with Gasteiger partial charge in [0.2, 0.25) is 0 Å². The molecule has 0 N–H and O–H groups in total. The molecular formula is C15H16ClN3OS. The van der Waals surface area contributed by atoms with Crippen LogP contribution in [-0.4, -0.2) is 36.6 Å².